The summed E-state index contributed by atoms with van der Waals surface area (Å²) < 4.78 is 30.0. The van der Waals surface area contributed by atoms with Gasteiger partial charge in [-0.25, -0.2) is 18.4 Å². The molecule has 1 aliphatic carbocycles. The van der Waals surface area contributed by atoms with Crippen LogP contribution in [0, 0.1) is 5.21 Å². The molecular weight excluding hydrogens is 456 g/mol. The fraction of sp³-hybridized carbons (Fsp3) is 0.217. The summed E-state index contributed by atoms with van der Waals surface area (Å²) in [6, 6.07) is 12.6. The standard InChI is InChI=1S/C23H23N6O4S/c24-22-21-18(13-28(16-6-4-5-7-16)23(21)26-14-25-22)15-10-11-19(20(12-15)29(30)31)27-34(32,33)17-8-2-1-3-9-17/h1-3,8-14,16,27,30H,4-7H2,(H2,24,25,26)/q-1. The van der Waals surface area contributed by atoms with Gasteiger partial charge in [-0.3, -0.25) is 9.93 Å². The summed E-state index contributed by atoms with van der Waals surface area (Å²) in [5, 5.41) is 22.1. The van der Waals surface area contributed by atoms with Crippen molar-refractivity contribution in [3.8, 4) is 11.1 Å². The summed E-state index contributed by atoms with van der Waals surface area (Å²) in [5.41, 5.74) is 7.85. The number of sulfonamides is 1. The normalized spacial score (nSPS) is 14.5. The minimum Gasteiger partial charge on any atom is -0.733 e. The van der Waals surface area contributed by atoms with E-state index < -0.39 is 10.0 Å². The highest BCUT2D eigenvalue weighted by Gasteiger charge is 2.24. The summed E-state index contributed by atoms with van der Waals surface area (Å²) in [6.45, 7) is 0. The van der Waals surface area contributed by atoms with Crippen LogP contribution in [-0.4, -0.2) is 28.2 Å². The van der Waals surface area contributed by atoms with Crippen molar-refractivity contribution in [2.75, 3.05) is 15.7 Å². The Labute approximate surface area is 196 Å². The van der Waals surface area contributed by atoms with Crippen LogP contribution in [0.5, 0.6) is 0 Å². The van der Waals surface area contributed by atoms with Crippen molar-refractivity contribution in [1.29, 1.82) is 0 Å². The van der Waals surface area contributed by atoms with Gasteiger partial charge in [0.1, 0.15) is 17.8 Å². The molecule has 2 aromatic heterocycles. The van der Waals surface area contributed by atoms with E-state index in [1.165, 1.54) is 30.6 Å². The van der Waals surface area contributed by atoms with Crippen molar-refractivity contribution in [1.82, 2.24) is 14.5 Å². The van der Waals surface area contributed by atoms with E-state index in [-0.39, 0.29) is 27.5 Å². The zero-order valence-electron chi connectivity index (χ0n) is 18.1. The summed E-state index contributed by atoms with van der Waals surface area (Å²) >= 11 is 0. The van der Waals surface area contributed by atoms with Crippen LogP contribution in [0.1, 0.15) is 31.7 Å². The van der Waals surface area contributed by atoms with Crippen LogP contribution in [0.2, 0.25) is 0 Å². The van der Waals surface area contributed by atoms with Gasteiger partial charge in [0.15, 0.2) is 0 Å². The van der Waals surface area contributed by atoms with Crippen LogP contribution in [0.25, 0.3) is 22.2 Å². The first-order valence-electron chi connectivity index (χ1n) is 10.8. The van der Waals surface area contributed by atoms with Crippen molar-refractivity contribution in [2.24, 2.45) is 0 Å². The van der Waals surface area contributed by atoms with E-state index in [2.05, 4.69) is 19.3 Å². The zero-order valence-corrected chi connectivity index (χ0v) is 18.9. The molecule has 2 heterocycles. The topological polar surface area (TPSA) is 149 Å². The summed E-state index contributed by atoms with van der Waals surface area (Å²) in [5.74, 6) is 0.301. The van der Waals surface area contributed by atoms with Gasteiger partial charge in [-0.15, -0.1) is 0 Å². The molecule has 11 heteroatoms. The highest BCUT2D eigenvalue weighted by molar-refractivity contribution is 7.92. The number of hydrogen-bond donors (Lipinski definition) is 3. The molecule has 4 aromatic rings. The third kappa shape index (κ3) is 3.94. The fourth-order valence-corrected chi connectivity index (χ4v) is 5.63. The Balaban J connectivity index is 1.60. The van der Waals surface area contributed by atoms with Gasteiger partial charge in [0.05, 0.1) is 21.7 Å². The van der Waals surface area contributed by atoms with Gasteiger partial charge < -0.3 is 20.7 Å². The Hall–Kier alpha value is -3.67. The molecule has 176 valence electrons. The Kier molecular flexibility index (Phi) is 5.60. The van der Waals surface area contributed by atoms with Gasteiger partial charge in [0.2, 0.25) is 0 Å². The molecule has 0 atom stereocenters. The second kappa shape index (κ2) is 8.60. The first kappa shape index (κ1) is 22.1. The van der Waals surface area contributed by atoms with Gasteiger partial charge in [0.25, 0.3) is 10.0 Å². The van der Waals surface area contributed by atoms with Crippen molar-refractivity contribution in [3.63, 3.8) is 0 Å². The minimum atomic E-state index is -3.97. The van der Waals surface area contributed by atoms with Gasteiger partial charge in [-0.1, -0.05) is 37.1 Å². The number of aromatic nitrogens is 3. The average Bonchev–Trinajstić information content (AvgIpc) is 3.48. The van der Waals surface area contributed by atoms with Crippen LogP contribution in [-0.2, 0) is 10.0 Å². The molecule has 0 spiro atoms. The number of nitrogens with one attached hydrogen (secondary N) is 1. The van der Waals surface area contributed by atoms with Gasteiger partial charge >= 0.3 is 0 Å². The molecule has 2 aromatic carbocycles. The average molecular weight is 480 g/mol. The van der Waals surface area contributed by atoms with Crippen LogP contribution in [0.15, 0.2) is 66.0 Å². The van der Waals surface area contributed by atoms with E-state index >= 15 is 0 Å². The Morgan fingerprint density at radius 2 is 1.85 bits per heavy atom. The van der Waals surface area contributed by atoms with Gasteiger partial charge in [-0.2, -0.15) is 0 Å². The van der Waals surface area contributed by atoms with E-state index in [4.69, 9.17) is 5.73 Å². The van der Waals surface area contributed by atoms with Crippen LogP contribution in [0.4, 0.5) is 17.2 Å². The summed E-state index contributed by atoms with van der Waals surface area (Å²) in [4.78, 5) is 8.61. The molecule has 1 saturated carbocycles. The molecule has 0 unspecified atom stereocenters. The molecule has 0 radical (unpaired) electrons. The van der Waals surface area contributed by atoms with Crippen LogP contribution >= 0.6 is 0 Å². The predicted octanol–water partition coefficient (Wildman–Crippen LogP) is 4.29. The molecule has 34 heavy (non-hydrogen) atoms. The Morgan fingerprint density at radius 1 is 1.12 bits per heavy atom. The predicted molar refractivity (Wildman–Crippen MR) is 130 cm³/mol. The largest absolute Gasteiger partial charge is 0.733 e. The quantitative estimate of drug-likeness (QED) is 0.347. The van der Waals surface area contributed by atoms with E-state index in [1.807, 2.05) is 6.20 Å². The SMILES string of the molecule is Nc1ncnc2c1c(-c1ccc(NS(=O)(=O)c3ccccc3)c(N([O-])O)c1)cn2C1CCCC1. The van der Waals surface area contributed by atoms with Crippen LogP contribution in [0.3, 0.4) is 0 Å². The van der Waals surface area contributed by atoms with E-state index in [0.29, 0.717) is 28.0 Å². The van der Waals surface area contributed by atoms with Crippen molar-refractivity contribution >= 4 is 38.2 Å². The molecule has 5 rings (SSSR count). The highest BCUT2D eigenvalue weighted by Crippen LogP contribution is 2.40. The van der Waals surface area contributed by atoms with Crippen LogP contribution < -0.4 is 15.7 Å². The van der Waals surface area contributed by atoms with Gasteiger partial charge in [0, 0.05) is 17.8 Å². The minimum absolute atomic E-state index is 0.0324. The Bertz CT molecular complexity index is 1450. The number of benzene rings is 2. The maximum absolute atomic E-state index is 12.8. The lowest BCUT2D eigenvalue weighted by Crippen LogP contribution is -2.16. The monoisotopic (exact) mass is 479 g/mol. The molecular formula is C23H23N6O4S-. The molecule has 10 nitrogen and oxygen atoms in total. The molecule has 4 N–H and O–H groups in total. The molecule has 1 fully saturated rings. The second-order valence-corrected chi connectivity index (χ2v) is 9.95. The molecule has 0 amide bonds. The third-order valence-electron chi connectivity index (χ3n) is 6.17. The smallest absolute Gasteiger partial charge is 0.261 e. The third-order valence-corrected chi connectivity index (χ3v) is 7.55. The molecule has 1 aliphatic rings. The highest BCUT2D eigenvalue weighted by atomic mass is 32.2. The summed E-state index contributed by atoms with van der Waals surface area (Å²) in [7, 11) is -3.97. The molecule has 0 bridgehead atoms. The van der Waals surface area contributed by atoms with E-state index in [0.717, 1.165) is 25.7 Å². The first-order valence-corrected chi connectivity index (χ1v) is 12.3. The lowest BCUT2D eigenvalue weighted by molar-refractivity contribution is 0.297. The lowest BCUT2D eigenvalue weighted by atomic mass is 10.0. The molecule has 0 saturated heterocycles. The van der Waals surface area contributed by atoms with Crippen molar-refractivity contribution in [2.45, 2.75) is 36.6 Å². The Morgan fingerprint density at radius 3 is 2.56 bits per heavy atom. The number of hydrogen-bond acceptors (Lipinski definition) is 8. The maximum atomic E-state index is 12.8. The lowest BCUT2D eigenvalue weighted by Gasteiger charge is -2.25. The van der Waals surface area contributed by atoms with Crippen molar-refractivity contribution in [3.05, 3.63) is 66.3 Å². The number of nitrogens with zero attached hydrogens (tertiary/aromatic N) is 4. The number of nitrogens with two attached hydrogens (primary N) is 1. The van der Waals surface area contributed by atoms with Gasteiger partial charge in [-0.05, 0) is 42.7 Å². The number of fused-ring (bicyclic) bond motifs is 1. The van der Waals surface area contributed by atoms with Crippen molar-refractivity contribution < 1.29 is 13.6 Å². The van der Waals surface area contributed by atoms with E-state index in [1.54, 1.807) is 24.3 Å². The first-order chi connectivity index (χ1) is 16.3. The fourth-order valence-electron chi connectivity index (χ4n) is 4.54. The summed E-state index contributed by atoms with van der Waals surface area (Å²) in [6.07, 6.45) is 7.69. The van der Waals surface area contributed by atoms with E-state index in [9.17, 15) is 18.8 Å². The zero-order chi connectivity index (χ0) is 23.9. The second-order valence-electron chi connectivity index (χ2n) is 8.27. The maximum Gasteiger partial charge on any atom is 0.261 e. The molecule has 0 aliphatic heterocycles. The number of anilines is 3. The number of nitrogen functional groups attached to an aromatic ring is 1. The number of rotatable bonds is 6.